The summed E-state index contributed by atoms with van der Waals surface area (Å²) in [5.41, 5.74) is 15.4. The van der Waals surface area contributed by atoms with Crippen molar-refractivity contribution in [3.63, 3.8) is 0 Å². The molecule has 6 heterocycles. The van der Waals surface area contributed by atoms with E-state index in [4.69, 9.17) is 45.7 Å². The highest BCUT2D eigenvalue weighted by Gasteiger charge is 2.46. The van der Waals surface area contributed by atoms with Gasteiger partial charge in [-0.2, -0.15) is 0 Å². The van der Waals surface area contributed by atoms with E-state index in [2.05, 4.69) is 76.5 Å². The molecule has 8 nitrogen and oxygen atoms in total. The van der Waals surface area contributed by atoms with Crippen LogP contribution in [-0.2, 0) is 0 Å². The first kappa shape index (κ1) is 54.4. The SMILES string of the molecule is [2H]C([2H])([2H])c1cc2c(c3c1oc1ccc4ccccc4c13)N(c1ccccc1)c1cccc3c1B2c1cc(C([2H])([2H])[2H])c2oc4ccc5ccccc5c4c2c1N3c1ccccc1.[2H]C([2H])([2H])c1ccc(N(c2ccccc2)c2cccc(N(c3ccccc3)c3ccc(C([2H])([2H])[2H])c4oc5ccc6ccccc6c5c34)c2Cl)c2c1oc1ccc3ccccc3c12. The fourth-order valence-electron chi connectivity index (χ4n) is 18.4. The Kier molecular flexibility index (Phi) is 12.1. The van der Waals surface area contributed by atoms with E-state index in [0.717, 1.165) is 127 Å². The summed E-state index contributed by atoms with van der Waals surface area (Å²) in [4.78, 5) is 8.58. The minimum absolute atomic E-state index is 0.0920. The second kappa shape index (κ2) is 25.4. The molecule has 0 radical (unpaired) electrons. The zero-order chi connectivity index (χ0) is 85.7. The summed E-state index contributed by atoms with van der Waals surface area (Å²) in [6.07, 6.45) is 0. The van der Waals surface area contributed by atoms with E-state index >= 15 is 0 Å². The molecule has 0 spiro atoms. The highest BCUT2D eigenvalue weighted by Crippen LogP contribution is 2.56. The molecule has 0 aliphatic carbocycles. The first-order chi connectivity index (χ1) is 61.0. The maximum Gasteiger partial charge on any atom is 0.252 e. The van der Waals surface area contributed by atoms with Gasteiger partial charge < -0.3 is 37.3 Å². The molecular formula is C104H68BClN4O4. The molecule has 0 unspecified atom stereocenters. The van der Waals surface area contributed by atoms with Gasteiger partial charge in [-0.05, 0) is 218 Å². The highest BCUT2D eigenvalue weighted by molar-refractivity contribution is 7.01. The number of benzene rings is 18. The highest BCUT2D eigenvalue weighted by atomic mass is 35.5. The van der Waals surface area contributed by atoms with Gasteiger partial charge in [-0.25, -0.2) is 0 Å². The number of rotatable bonds is 8. The van der Waals surface area contributed by atoms with Crippen LogP contribution < -0.4 is 36.0 Å². The molecule has 0 atom stereocenters. The van der Waals surface area contributed by atoms with E-state index in [9.17, 15) is 0 Å². The first-order valence-electron chi connectivity index (χ1n) is 43.9. The summed E-state index contributed by atoms with van der Waals surface area (Å²) in [5, 5.41) is 13.9. The van der Waals surface area contributed by atoms with E-state index in [1.165, 1.54) is 0 Å². The van der Waals surface area contributed by atoms with Crippen LogP contribution >= 0.6 is 11.6 Å². The number of halogens is 1. The zero-order valence-electron chi connectivity index (χ0n) is 72.7. The Morgan fingerprint density at radius 3 is 0.982 bits per heavy atom. The van der Waals surface area contributed by atoms with Crippen LogP contribution in [0.1, 0.15) is 38.7 Å². The molecule has 0 bridgehead atoms. The Balaban J connectivity index is 0.000000145. The Morgan fingerprint density at radius 1 is 0.289 bits per heavy atom. The van der Waals surface area contributed by atoms with Crippen molar-refractivity contribution in [3.05, 3.63) is 367 Å². The van der Waals surface area contributed by atoms with E-state index < -0.39 is 34.1 Å². The Hall–Kier alpha value is -14.2. The van der Waals surface area contributed by atoms with Crippen molar-refractivity contribution in [2.45, 2.75) is 27.4 Å². The molecule has 4 aromatic heterocycles. The molecule has 0 fully saturated rings. The van der Waals surface area contributed by atoms with Gasteiger partial charge in [0.25, 0.3) is 6.71 Å². The van der Waals surface area contributed by atoms with Crippen LogP contribution in [-0.4, -0.2) is 6.71 Å². The van der Waals surface area contributed by atoms with Gasteiger partial charge in [0.1, 0.15) is 44.7 Å². The average Bonchev–Trinajstić information content (AvgIpc) is 1.26. The lowest BCUT2D eigenvalue weighted by atomic mass is 9.33. The fraction of sp³-hybridized carbons (Fsp3) is 0.0385. The smallest absolute Gasteiger partial charge is 0.252 e. The largest absolute Gasteiger partial charge is 0.456 e. The zero-order valence-corrected chi connectivity index (χ0v) is 61.5. The fourth-order valence-corrected chi connectivity index (χ4v) is 18.7. The molecule has 10 heteroatoms. The third-order valence-corrected chi connectivity index (χ3v) is 23.5. The van der Waals surface area contributed by atoms with Crippen LogP contribution in [0.2, 0.25) is 5.02 Å². The van der Waals surface area contributed by atoms with Crippen molar-refractivity contribution in [1.82, 2.24) is 0 Å². The molecule has 18 aromatic carbocycles. The van der Waals surface area contributed by atoms with Crippen molar-refractivity contribution in [2.75, 3.05) is 19.6 Å². The molecule has 2 aliphatic rings. The molecule has 538 valence electrons. The first-order valence-corrected chi connectivity index (χ1v) is 38.3. The molecule has 24 rings (SSSR count). The number of para-hydroxylation sites is 4. The third-order valence-electron chi connectivity index (χ3n) is 23.1. The number of furan rings is 4. The lowest BCUT2D eigenvalue weighted by molar-refractivity contribution is 0.666. The van der Waals surface area contributed by atoms with Gasteiger partial charge in [0, 0.05) is 72.1 Å². The van der Waals surface area contributed by atoms with Gasteiger partial charge in [-0.3, -0.25) is 0 Å². The number of hydrogen-bond acceptors (Lipinski definition) is 8. The molecule has 0 N–H and O–H groups in total. The van der Waals surface area contributed by atoms with Crippen LogP contribution in [0.5, 0.6) is 0 Å². The lowest BCUT2D eigenvalue weighted by Crippen LogP contribution is -2.61. The van der Waals surface area contributed by atoms with Crippen molar-refractivity contribution in [1.29, 1.82) is 0 Å². The topological polar surface area (TPSA) is 65.5 Å². The maximum absolute atomic E-state index is 9.07. The summed E-state index contributed by atoms with van der Waals surface area (Å²) < 4.78 is 132. The predicted octanol–water partition coefficient (Wildman–Crippen LogP) is 28.5. The number of anilines is 12. The van der Waals surface area contributed by atoms with Gasteiger partial charge >= 0.3 is 0 Å². The predicted molar refractivity (Wildman–Crippen MR) is 479 cm³/mol. The van der Waals surface area contributed by atoms with Crippen molar-refractivity contribution in [2.24, 2.45) is 0 Å². The number of aryl methyl sites for hydroxylation is 4. The second-order valence-electron chi connectivity index (χ2n) is 29.3. The Bertz CT molecular complexity index is 7820. The molecule has 2 aliphatic heterocycles. The third kappa shape index (κ3) is 9.66. The molecule has 0 saturated heterocycles. The van der Waals surface area contributed by atoms with Crippen LogP contribution in [0, 0.1) is 27.4 Å². The minimum Gasteiger partial charge on any atom is -0.456 e. The van der Waals surface area contributed by atoms with Gasteiger partial charge in [0.15, 0.2) is 0 Å². The van der Waals surface area contributed by atoms with E-state index in [1.807, 2.05) is 259 Å². The molecule has 0 amide bonds. The summed E-state index contributed by atoms with van der Waals surface area (Å²) in [7, 11) is 0. The lowest BCUT2D eigenvalue weighted by Gasteiger charge is -2.44. The van der Waals surface area contributed by atoms with Crippen LogP contribution in [0.4, 0.5) is 68.2 Å². The minimum atomic E-state index is -2.57. The summed E-state index contributed by atoms with van der Waals surface area (Å²) in [6.45, 7) is -10.7. The second-order valence-corrected chi connectivity index (χ2v) is 29.7. The standard InChI is InChI=1S/C52H33BN2O2.C52H35ClN2O2/c1-30-28-38-49(46-44-36-20-11-9-14-32(36)24-26-42(44)56-51(30)46)54(34-16-5-3-6-17-34)40-22-13-23-41-48(40)53(38)39-29-31(2)52-47(50(39)55(41)35-18-7-4-8-19-35)45-37-21-12-10-15-33(37)25-27-43(45)57-52;1-32-24-28-40(48-46-38-20-11-9-14-34(38)26-30-44(46)56-51(32)48)54(36-16-5-3-6-17-36)42-22-13-23-43(50(42)53)55(37-18-7-4-8-19-37)41-29-25-33(2)52-49(41)47-39-21-12-10-15-35(39)27-31-45(47)57-52/h3-29H,1-2H3;3-31H,1-2H3/i2*1D3,2D3. The van der Waals surface area contributed by atoms with E-state index in [1.54, 1.807) is 24.3 Å². The molecular weight excluding hydrogens is 1420 g/mol. The average molecular weight is 1500 g/mol. The molecule has 22 aromatic rings. The molecule has 114 heavy (non-hydrogen) atoms. The van der Waals surface area contributed by atoms with Gasteiger partial charge in [0.2, 0.25) is 0 Å². The van der Waals surface area contributed by atoms with Crippen LogP contribution in [0.15, 0.2) is 357 Å². The number of fused-ring (bicyclic) bond motifs is 26. The molecule has 0 saturated carbocycles. The van der Waals surface area contributed by atoms with Crippen LogP contribution in [0.3, 0.4) is 0 Å². The quantitative estimate of drug-likeness (QED) is 0.139. The van der Waals surface area contributed by atoms with Crippen molar-refractivity contribution >= 4 is 234 Å². The van der Waals surface area contributed by atoms with Gasteiger partial charge in [-0.1, -0.05) is 242 Å². The van der Waals surface area contributed by atoms with Crippen LogP contribution in [0.25, 0.3) is 131 Å². The Labute approximate surface area is 678 Å². The number of nitrogens with zero attached hydrogens (tertiary/aromatic N) is 4. The monoisotopic (exact) mass is 1490 g/mol. The van der Waals surface area contributed by atoms with Gasteiger partial charge in [-0.15, -0.1) is 0 Å². The maximum atomic E-state index is 9.07. The number of hydrogen-bond donors (Lipinski definition) is 0. The van der Waals surface area contributed by atoms with E-state index in [-0.39, 0.29) is 33.4 Å². The normalized spacial score (nSPS) is 14.6. The van der Waals surface area contributed by atoms with Crippen molar-refractivity contribution < 1.29 is 34.1 Å². The van der Waals surface area contributed by atoms with Gasteiger partial charge in [0.05, 0.1) is 60.7 Å². The summed E-state index contributed by atoms with van der Waals surface area (Å²) >= 11 is 7.87. The summed E-state index contributed by atoms with van der Waals surface area (Å²) in [6, 6.07) is 110. The van der Waals surface area contributed by atoms with Crippen molar-refractivity contribution in [3.8, 4) is 0 Å². The summed E-state index contributed by atoms with van der Waals surface area (Å²) in [5.74, 6) is 0. The Morgan fingerprint density at radius 2 is 0.614 bits per heavy atom. The van der Waals surface area contributed by atoms with E-state index in [0.29, 0.717) is 82.8 Å².